The fourth-order valence-corrected chi connectivity index (χ4v) is 2.47. The number of aromatic nitrogens is 2. The zero-order chi connectivity index (χ0) is 17.5. The van der Waals surface area contributed by atoms with Gasteiger partial charge in [0.1, 0.15) is 5.82 Å². The molecule has 0 aliphatic carbocycles. The SMILES string of the molecule is CCCc1ccc(-c2cc(NC(=O)NC(C)C)n(CCO)n2)cc1. The van der Waals surface area contributed by atoms with E-state index in [4.69, 9.17) is 0 Å². The molecule has 0 radical (unpaired) electrons. The number of amides is 2. The summed E-state index contributed by atoms with van der Waals surface area (Å²) in [6, 6.07) is 9.86. The lowest BCUT2D eigenvalue weighted by Gasteiger charge is -2.10. The molecular weight excluding hydrogens is 304 g/mol. The Morgan fingerprint density at radius 2 is 2.00 bits per heavy atom. The van der Waals surface area contributed by atoms with Crippen LogP contribution in [-0.4, -0.2) is 33.6 Å². The number of carbonyl (C=O) groups excluding carboxylic acids is 1. The summed E-state index contributed by atoms with van der Waals surface area (Å²) in [5.41, 5.74) is 3.05. The van der Waals surface area contributed by atoms with Crippen LogP contribution in [0.15, 0.2) is 30.3 Å². The van der Waals surface area contributed by atoms with Gasteiger partial charge in [-0.1, -0.05) is 37.6 Å². The molecule has 0 spiro atoms. The van der Waals surface area contributed by atoms with Gasteiger partial charge in [0.05, 0.1) is 18.8 Å². The maximum Gasteiger partial charge on any atom is 0.320 e. The summed E-state index contributed by atoms with van der Waals surface area (Å²) >= 11 is 0. The quantitative estimate of drug-likeness (QED) is 0.730. The van der Waals surface area contributed by atoms with Gasteiger partial charge in [0.2, 0.25) is 0 Å². The summed E-state index contributed by atoms with van der Waals surface area (Å²) in [6.45, 7) is 6.23. The van der Waals surface area contributed by atoms with E-state index >= 15 is 0 Å². The number of benzene rings is 1. The fraction of sp³-hybridized carbons (Fsp3) is 0.444. The number of carbonyl (C=O) groups is 1. The smallest absolute Gasteiger partial charge is 0.320 e. The van der Waals surface area contributed by atoms with E-state index in [0.717, 1.165) is 24.1 Å². The third-order valence-corrected chi connectivity index (χ3v) is 3.54. The summed E-state index contributed by atoms with van der Waals surface area (Å²) < 4.78 is 1.61. The Labute approximate surface area is 142 Å². The van der Waals surface area contributed by atoms with Crippen molar-refractivity contribution in [3.05, 3.63) is 35.9 Å². The monoisotopic (exact) mass is 330 g/mol. The summed E-state index contributed by atoms with van der Waals surface area (Å²) in [6.07, 6.45) is 2.17. The predicted octanol–water partition coefficient (Wildman–Crippen LogP) is 3.02. The molecule has 24 heavy (non-hydrogen) atoms. The third kappa shape index (κ3) is 4.83. The molecule has 0 atom stereocenters. The van der Waals surface area contributed by atoms with Gasteiger partial charge in [0, 0.05) is 17.7 Å². The molecule has 1 heterocycles. The van der Waals surface area contributed by atoms with Crippen molar-refractivity contribution in [2.75, 3.05) is 11.9 Å². The minimum absolute atomic E-state index is 0.0446. The normalized spacial score (nSPS) is 10.9. The number of nitrogens with one attached hydrogen (secondary N) is 2. The van der Waals surface area contributed by atoms with Crippen LogP contribution in [0.25, 0.3) is 11.3 Å². The topological polar surface area (TPSA) is 79.2 Å². The van der Waals surface area contributed by atoms with Crippen molar-refractivity contribution in [3.63, 3.8) is 0 Å². The van der Waals surface area contributed by atoms with Crippen LogP contribution in [0.1, 0.15) is 32.8 Å². The number of nitrogens with zero attached hydrogens (tertiary/aromatic N) is 2. The summed E-state index contributed by atoms with van der Waals surface area (Å²) in [7, 11) is 0. The molecule has 0 saturated carbocycles. The molecule has 0 saturated heterocycles. The van der Waals surface area contributed by atoms with Crippen molar-refractivity contribution in [3.8, 4) is 11.3 Å². The number of hydrogen-bond donors (Lipinski definition) is 3. The van der Waals surface area contributed by atoms with E-state index < -0.39 is 0 Å². The Morgan fingerprint density at radius 1 is 1.29 bits per heavy atom. The second kappa shape index (κ2) is 8.49. The van der Waals surface area contributed by atoms with Gasteiger partial charge in [-0.2, -0.15) is 5.10 Å². The van der Waals surface area contributed by atoms with E-state index in [2.05, 4.69) is 34.8 Å². The van der Waals surface area contributed by atoms with Crippen LogP contribution in [0.2, 0.25) is 0 Å². The van der Waals surface area contributed by atoms with Crippen LogP contribution in [0.4, 0.5) is 10.6 Å². The Balaban J connectivity index is 2.21. The lowest BCUT2D eigenvalue weighted by molar-refractivity contribution is 0.249. The average molecular weight is 330 g/mol. The van der Waals surface area contributed by atoms with Crippen molar-refractivity contribution in [1.29, 1.82) is 0 Å². The second-order valence-electron chi connectivity index (χ2n) is 6.06. The number of aliphatic hydroxyl groups excluding tert-OH is 1. The zero-order valence-corrected chi connectivity index (χ0v) is 14.5. The Bertz CT molecular complexity index is 662. The number of aryl methyl sites for hydroxylation is 1. The molecule has 0 fully saturated rings. The molecule has 6 heteroatoms. The van der Waals surface area contributed by atoms with Crippen molar-refractivity contribution >= 4 is 11.8 Å². The highest BCUT2D eigenvalue weighted by Crippen LogP contribution is 2.23. The molecule has 2 amide bonds. The van der Waals surface area contributed by atoms with E-state index in [-0.39, 0.29) is 18.7 Å². The van der Waals surface area contributed by atoms with E-state index in [0.29, 0.717) is 12.4 Å². The third-order valence-electron chi connectivity index (χ3n) is 3.54. The van der Waals surface area contributed by atoms with Crippen molar-refractivity contribution in [2.45, 2.75) is 46.2 Å². The first-order chi connectivity index (χ1) is 11.5. The highest BCUT2D eigenvalue weighted by atomic mass is 16.3. The molecule has 1 aromatic heterocycles. The van der Waals surface area contributed by atoms with Gasteiger partial charge in [-0.05, 0) is 25.8 Å². The van der Waals surface area contributed by atoms with Gasteiger partial charge in [-0.25, -0.2) is 9.48 Å². The Hall–Kier alpha value is -2.34. The summed E-state index contributed by atoms with van der Waals surface area (Å²) in [5, 5.41) is 19.3. The fourth-order valence-electron chi connectivity index (χ4n) is 2.47. The van der Waals surface area contributed by atoms with E-state index in [9.17, 15) is 9.90 Å². The Kier molecular flexibility index (Phi) is 6.37. The van der Waals surface area contributed by atoms with E-state index in [1.165, 1.54) is 5.56 Å². The second-order valence-corrected chi connectivity index (χ2v) is 6.06. The first kappa shape index (κ1) is 18.0. The van der Waals surface area contributed by atoms with Crippen molar-refractivity contribution in [2.24, 2.45) is 0 Å². The molecule has 1 aromatic carbocycles. The average Bonchev–Trinajstić information content (AvgIpc) is 2.90. The molecule has 3 N–H and O–H groups in total. The molecule has 130 valence electrons. The van der Waals surface area contributed by atoms with Gasteiger partial charge in [-0.15, -0.1) is 0 Å². The molecule has 2 aromatic rings. The van der Waals surface area contributed by atoms with Gasteiger partial charge in [0.25, 0.3) is 0 Å². The number of hydrogen-bond acceptors (Lipinski definition) is 3. The van der Waals surface area contributed by atoms with Gasteiger partial charge < -0.3 is 10.4 Å². The first-order valence-electron chi connectivity index (χ1n) is 8.39. The van der Waals surface area contributed by atoms with Crippen LogP contribution in [0.5, 0.6) is 0 Å². The summed E-state index contributed by atoms with van der Waals surface area (Å²) in [4.78, 5) is 11.9. The lowest BCUT2D eigenvalue weighted by Crippen LogP contribution is -2.34. The van der Waals surface area contributed by atoms with Crippen molar-refractivity contribution in [1.82, 2.24) is 15.1 Å². The molecule has 0 bridgehead atoms. The molecule has 2 rings (SSSR count). The number of urea groups is 1. The highest BCUT2D eigenvalue weighted by Gasteiger charge is 2.12. The van der Waals surface area contributed by atoms with Crippen LogP contribution < -0.4 is 10.6 Å². The van der Waals surface area contributed by atoms with E-state index in [1.807, 2.05) is 32.0 Å². The minimum atomic E-state index is -0.283. The predicted molar refractivity (Wildman–Crippen MR) is 96.0 cm³/mol. The largest absolute Gasteiger partial charge is 0.394 e. The maximum atomic E-state index is 11.9. The van der Waals surface area contributed by atoms with Gasteiger partial charge in [0.15, 0.2) is 0 Å². The van der Waals surface area contributed by atoms with Gasteiger partial charge in [-0.3, -0.25) is 5.32 Å². The number of anilines is 1. The lowest BCUT2D eigenvalue weighted by atomic mass is 10.1. The molecule has 0 aliphatic rings. The van der Waals surface area contributed by atoms with Crippen LogP contribution in [0, 0.1) is 0 Å². The van der Waals surface area contributed by atoms with Crippen molar-refractivity contribution < 1.29 is 9.90 Å². The molecule has 0 unspecified atom stereocenters. The van der Waals surface area contributed by atoms with Crippen LogP contribution in [-0.2, 0) is 13.0 Å². The summed E-state index contributed by atoms with van der Waals surface area (Å²) in [5.74, 6) is 0.565. The standard InChI is InChI=1S/C18H26N4O2/c1-4-5-14-6-8-15(9-7-14)16-12-17(22(21-16)10-11-23)20-18(24)19-13(2)3/h6-9,12-13,23H,4-5,10-11H2,1-3H3,(H2,19,20,24). The highest BCUT2D eigenvalue weighted by molar-refractivity contribution is 5.89. The number of aliphatic hydroxyl groups is 1. The number of rotatable bonds is 7. The van der Waals surface area contributed by atoms with E-state index in [1.54, 1.807) is 4.68 Å². The zero-order valence-electron chi connectivity index (χ0n) is 14.5. The Morgan fingerprint density at radius 3 is 2.58 bits per heavy atom. The van der Waals surface area contributed by atoms with Gasteiger partial charge >= 0.3 is 6.03 Å². The molecular formula is C18H26N4O2. The maximum absolute atomic E-state index is 11.9. The van der Waals surface area contributed by atoms with Crippen LogP contribution >= 0.6 is 0 Å². The van der Waals surface area contributed by atoms with Crippen LogP contribution in [0.3, 0.4) is 0 Å². The molecule has 6 nitrogen and oxygen atoms in total. The minimum Gasteiger partial charge on any atom is -0.394 e. The first-order valence-corrected chi connectivity index (χ1v) is 8.39. The molecule has 0 aliphatic heterocycles.